The number of nitrogens with one attached hydrogen (secondary N) is 2. The Morgan fingerprint density at radius 3 is 2.80 bits per heavy atom. The second-order valence-corrected chi connectivity index (χ2v) is 6.77. The third kappa shape index (κ3) is 7.55. The van der Waals surface area contributed by atoms with E-state index < -0.39 is 0 Å². The predicted molar refractivity (Wildman–Crippen MR) is 101 cm³/mol. The van der Waals surface area contributed by atoms with Gasteiger partial charge in [0.15, 0.2) is 0 Å². The number of rotatable bonds is 10. The van der Waals surface area contributed by atoms with Gasteiger partial charge in [-0.1, -0.05) is 19.1 Å². The minimum Gasteiger partial charge on any atom is -0.379 e. The molecule has 2 rings (SSSR count). The summed E-state index contributed by atoms with van der Waals surface area (Å²) < 4.78 is 10.8. The van der Waals surface area contributed by atoms with Crippen LogP contribution in [0.25, 0.3) is 0 Å². The molecular weight excluding hydrogens is 316 g/mol. The van der Waals surface area contributed by atoms with Crippen molar-refractivity contribution in [3.8, 4) is 0 Å². The number of benzene rings is 1. The summed E-state index contributed by atoms with van der Waals surface area (Å²) >= 11 is 0. The van der Waals surface area contributed by atoms with Crippen molar-refractivity contribution in [3.05, 3.63) is 29.8 Å². The molecule has 1 aliphatic rings. The standard InChI is InChI=1S/C20H32N2O3/c1-3-24-11-12-25-15-17-5-4-6-19(14-17)22-20(23)13-16(2)18-7-9-21-10-8-18/h4-6,14,16,18,21H,3,7-13,15H2,1-2H3,(H,22,23). The van der Waals surface area contributed by atoms with Crippen LogP contribution in [0.1, 0.15) is 38.7 Å². The van der Waals surface area contributed by atoms with Crippen molar-refractivity contribution in [1.29, 1.82) is 0 Å². The molecule has 0 aliphatic carbocycles. The molecule has 1 fully saturated rings. The van der Waals surface area contributed by atoms with Crippen LogP contribution >= 0.6 is 0 Å². The Morgan fingerprint density at radius 2 is 2.04 bits per heavy atom. The first-order valence-electron chi connectivity index (χ1n) is 9.44. The van der Waals surface area contributed by atoms with Gasteiger partial charge in [0.1, 0.15) is 0 Å². The van der Waals surface area contributed by atoms with Crippen molar-refractivity contribution in [2.45, 2.75) is 39.7 Å². The Bertz CT molecular complexity index is 515. The van der Waals surface area contributed by atoms with E-state index in [2.05, 4.69) is 17.6 Å². The highest BCUT2D eigenvalue weighted by Gasteiger charge is 2.22. The Labute approximate surface area is 151 Å². The number of carbonyl (C=O) groups excluding carboxylic acids is 1. The first-order chi connectivity index (χ1) is 12.2. The number of hydrogen-bond acceptors (Lipinski definition) is 4. The van der Waals surface area contributed by atoms with Gasteiger partial charge in [-0.2, -0.15) is 0 Å². The summed E-state index contributed by atoms with van der Waals surface area (Å²) in [5.74, 6) is 1.17. The Kier molecular flexibility index (Phi) is 8.94. The molecule has 1 aromatic carbocycles. The number of hydrogen-bond donors (Lipinski definition) is 2. The number of amides is 1. The zero-order valence-electron chi connectivity index (χ0n) is 15.6. The smallest absolute Gasteiger partial charge is 0.224 e. The molecule has 25 heavy (non-hydrogen) atoms. The van der Waals surface area contributed by atoms with Crippen LogP contribution in [0.4, 0.5) is 5.69 Å². The van der Waals surface area contributed by atoms with E-state index in [4.69, 9.17) is 9.47 Å². The average Bonchev–Trinajstić information content (AvgIpc) is 2.62. The summed E-state index contributed by atoms with van der Waals surface area (Å²) in [6, 6.07) is 7.87. The Hall–Kier alpha value is -1.43. The Balaban J connectivity index is 1.75. The summed E-state index contributed by atoms with van der Waals surface area (Å²) in [5.41, 5.74) is 1.90. The van der Waals surface area contributed by atoms with Crippen molar-refractivity contribution < 1.29 is 14.3 Å². The molecule has 1 atom stereocenters. The minimum absolute atomic E-state index is 0.0976. The van der Waals surface area contributed by atoms with Gasteiger partial charge in [0.2, 0.25) is 5.91 Å². The maximum absolute atomic E-state index is 12.3. The van der Waals surface area contributed by atoms with Gasteiger partial charge in [0, 0.05) is 18.7 Å². The molecule has 140 valence electrons. The Morgan fingerprint density at radius 1 is 1.28 bits per heavy atom. The van der Waals surface area contributed by atoms with Crippen LogP contribution in [0.2, 0.25) is 0 Å². The molecule has 2 N–H and O–H groups in total. The van der Waals surface area contributed by atoms with Crippen LogP contribution < -0.4 is 10.6 Å². The molecule has 1 aliphatic heterocycles. The number of anilines is 1. The number of ether oxygens (including phenoxy) is 2. The molecule has 0 aromatic heterocycles. The maximum atomic E-state index is 12.3. The molecule has 0 saturated carbocycles. The summed E-state index contributed by atoms with van der Waals surface area (Å²) in [7, 11) is 0. The molecule has 0 spiro atoms. The van der Waals surface area contributed by atoms with Gasteiger partial charge in [-0.05, 0) is 62.4 Å². The molecule has 1 unspecified atom stereocenters. The zero-order chi connectivity index (χ0) is 17.9. The first-order valence-corrected chi connectivity index (χ1v) is 9.44. The molecule has 5 heteroatoms. The lowest BCUT2D eigenvalue weighted by molar-refractivity contribution is -0.117. The SMILES string of the molecule is CCOCCOCc1cccc(NC(=O)CC(C)C2CCNCC2)c1. The van der Waals surface area contributed by atoms with Gasteiger partial charge in [0.25, 0.3) is 0 Å². The molecule has 1 amide bonds. The average molecular weight is 348 g/mol. The van der Waals surface area contributed by atoms with Crippen molar-refractivity contribution in [2.24, 2.45) is 11.8 Å². The highest BCUT2D eigenvalue weighted by atomic mass is 16.5. The van der Waals surface area contributed by atoms with Crippen LogP contribution in [-0.2, 0) is 20.9 Å². The van der Waals surface area contributed by atoms with Crippen molar-refractivity contribution in [1.82, 2.24) is 5.32 Å². The van der Waals surface area contributed by atoms with E-state index in [-0.39, 0.29) is 5.91 Å². The van der Waals surface area contributed by atoms with E-state index in [1.165, 1.54) is 12.8 Å². The van der Waals surface area contributed by atoms with Gasteiger partial charge in [0.05, 0.1) is 19.8 Å². The van der Waals surface area contributed by atoms with E-state index in [0.717, 1.165) is 24.3 Å². The molecule has 1 saturated heterocycles. The van der Waals surface area contributed by atoms with E-state index in [1.54, 1.807) is 0 Å². The van der Waals surface area contributed by atoms with E-state index in [9.17, 15) is 4.79 Å². The predicted octanol–water partition coefficient (Wildman–Crippen LogP) is 3.20. The van der Waals surface area contributed by atoms with E-state index in [0.29, 0.717) is 44.7 Å². The first kappa shape index (κ1) is 19.9. The lowest BCUT2D eigenvalue weighted by Gasteiger charge is -2.27. The van der Waals surface area contributed by atoms with Crippen LogP contribution in [0.5, 0.6) is 0 Å². The lowest BCUT2D eigenvalue weighted by atomic mass is 9.84. The molecular formula is C20H32N2O3. The fraction of sp³-hybridized carbons (Fsp3) is 0.650. The van der Waals surface area contributed by atoms with Gasteiger partial charge in [-0.25, -0.2) is 0 Å². The summed E-state index contributed by atoms with van der Waals surface area (Å²) in [6.45, 7) is 8.74. The van der Waals surface area contributed by atoms with Gasteiger partial charge >= 0.3 is 0 Å². The topological polar surface area (TPSA) is 59.6 Å². The van der Waals surface area contributed by atoms with Gasteiger partial charge < -0.3 is 20.1 Å². The third-order valence-electron chi connectivity index (χ3n) is 4.75. The van der Waals surface area contributed by atoms with Crippen molar-refractivity contribution in [2.75, 3.05) is 38.2 Å². The van der Waals surface area contributed by atoms with Gasteiger partial charge in [-0.15, -0.1) is 0 Å². The van der Waals surface area contributed by atoms with Crippen LogP contribution in [-0.4, -0.2) is 38.8 Å². The van der Waals surface area contributed by atoms with E-state index in [1.807, 2.05) is 31.2 Å². The number of piperidine rings is 1. The summed E-state index contributed by atoms with van der Waals surface area (Å²) in [5, 5.41) is 6.40. The zero-order valence-corrected chi connectivity index (χ0v) is 15.6. The highest BCUT2D eigenvalue weighted by Crippen LogP contribution is 2.24. The van der Waals surface area contributed by atoms with Crippen LogP contribution in [0, 0.1) is 11.8 Å². The molecule has 0 radical (unpaired) electrons. The van der Waals surface area contributed by atoms with Crippen LogP contribution in [0.15, 0.2) is 24.3 Å². The lowest BCUT2D eigenvalue weighted by Crippen LogP contribution is -2.32. The second kappa shape index (κ2) is 11.2. The summed E-state index contributed by atoms with van der Waals surface area (Å²) in [6.07, 6.45) is 2.92. The fourth-order valence-corrected chi connectivity index (χ4v) is 3.28. The van der Waals surface area contributed by atoms with Gasteiger partial charge in [-0.3, -0.25) is 4.79 Å². The monoisotopic (exact) mass is 348 g/mol. The molecule has 5 nitrogen and oxygen atoms in total. The molecule has 1 aromatic rings. The quantitative estimate of drug-likeness (QED) is 0.638. The minimum atomic E-state index is 0.0976. The fourth-order valence-electron chi connectivity index (χ4n) is 3.28. The summed E-state index contributed by atoms with van der Waals surface area (Å²) in [4.78, 5) is 12.3. The molecule has 0 bridgehead atoms. The van der Waals surface area contributed by atoms with Crippen LogP contribution in [0.3, 0.4) is 0 Å². The largest absolute Gasteiger partial charge is 0.379 e. The maximum Gasteiger partial charge on any atom is 0.224 e. The normalized spacial score (nSPS) is 16.6. The third-order valence-corrected chi connectivity index (χ3v) is 4.75. The van der Waals surface area contributed by atoms with Crippen molar-refractivity contribution in [3.63, 3.8) is 0 Å². The number of carbonyl (C=O) groups is 1. The molecule has 1 heterocycles. The van der Waals surface area contributed by atoms with E-state index >= 15 is 0 Å². The second-order valence-electron chi connectivity index (χ2n) is 6.77. The van der Waals surface area contributed by atoms with Crippen molar-refractivity contribution >= 4 is 11.6 Å². The highest BCUT2D eigenvalue weighted by molar-refractivity contribution is 5.90.